The number of hydrogen-bond donors (Lipinski definition) is 1. The van der Waals surface area contributed by atoms with Crippen molar-refractivity contribution in [3.8, 4) is 17.3 Å². The molecule has 0 spiro atoms. The lowest BCUT2D eigenvalue weighted by atomic mass is 10.2. The molecule has 0 aliphatic heterocycles. The van der Waals surface area contributed by atoms with Gasteiger partial charge in [0.1, 0.15) is 17.0 Å². The second-order valence-corrected chi connectivity index (χ2v) is 3.78. The molecule has 0 atom stereocenters. The summed E-state index contributed by atoms with van der Waals surface area (Å²) >= 11 is 0. The Hall–Kier alpha value is -3.16. The lowest BCUT2D eigenvalue weighted by molar-refractivity contribution is 0.0697. The molecule has 0 unspecified atom stereocenters. The fourth-order valence-electron chi connectivity index (χ4n) is 1.65. The SMILES string of the molecule is O=C(O)c1cn(-c2ncccn2)nc1-c1cnccn1. The van der Waals surface area contributed by atoms with Crippen molar-refractivity contribution >= 4 is 5.97 Å². The molecular formula is C12H8N6O2. The quantitative estimate of drug-likeness (QED) is 0.749. The van der Waals surface area contributed by atoms with Crippen LogP contribution >= 0.6 is 0 Å². The van der Waals surface area contributed by atoms with Crippen molar-refractivity contribution in [2.75, 3.05) is 0 Å². The van der Waals surface area contributed by atoms with Gasteiger partial charge in [0.05, 0.1) is 6.20 Å². The second-order valence-electron chi connectivity index (χ2n) is 3.78. The lowest BCUT2D eigenvalue weighted by Crippen LogP contribution is -2.00. The van der Waals surface area contributed by atoms with E-state index in [9.17, 15) is 9.90 Å². The van der Waals surface area contributed by atoms with Gasteiger partial charge in [0.25, 0.3) is 0 Å². The second kappa shape index (κ2) is 4.84. The minimum atomic E-state index is -1.10. The summed E-state index contributed by atoms with van der Waals surface area (Å²) < 4.78 is 1.30. The number of carbonyl (C=O) groups is 1. The van der Waals surface area contributed by atoms with Crippen molar-refractivity contribution < 1.29 is 9.90 Å². The molecule has 0 saturated carbocycles. The molecule has 0 aliphatic carbocycles. The van der Waals surface area contributed by atoms with E-state index in [0.717, 1.165) is 0 Å². The van der Waals surface area contributed by atoms with Crippen molar-refractivity contribution in [3.05, 3.63) is 48.8 Å². The maximum absolute atomic E-state index is 11.3. The summed E-state index contributed by atoms with van der Waals surface area (Å²) in [6.07, 6.45) is 8.87. The number of aromatic carboxylic acids is 1. The highest BCUT2D eigenvalue weighted by Gasteiger charge is 2.19. The van der Waals surface area contributed by atoms with E-state index in [1.165, 1.54) is 29.5 Å². The molecular weight excluding hydrogens is 260 g/mol. The van der Waals surface area contributed by atoms with Gasteiger partial charge in [0.15, 0.2) is 0 Å². The predicted octanol–water partition coefficient (Wildman–Crippen LogP) is 0.817. The van der Waals surface area contributed by atoms with Crippen LogP contribution < -0.4 is 0 Å². The highest BCUT2D eigenvalue weighted by Crippen LogP contribution is 2.20. The number of nitrogens with zero attached hydrogens (tertiary/aromatic N) is 6. The lowest BCUT2D eigenvalue weighted by Gasteiger charge is -1.97. The zero-order valence-electron chi connectivity index (χ0n) is 10.1. The van der Waals surface area contributed by atoms with Crippen molar-refractivity contribution in [1.82, 2.24) is 29.7 Å². The standard InChI is InChI=1S/C12H8N6O2/c19-11(20)8-7-18(12-15-2-1-3-16-12)17-10(8)9-6-13-4-5-14-9/h1-7H,(H,19,20). The molecule has 8 nitrogen and oxygen atoms in total. The fraction of sp³-hybridized carbons (Fsp3) is 0. The Balaban J connectivity index is 2.15. The fourth-order valence-corrected chi connectivity index (χ4v) is 1.65. The molecule has 3 rings (SSSR count). The van der Waals surface area contributed by atoms with Crippen LogP contribution in [0, 0.1) is 0 Å². The van der Waals surface area contributed by atoms with Gasteiger partial charge >= 0.3 is 5.97 Å². The van der Waals surface area contributed by atoms with Gasteiger partial charge in [0.2, 0.25) is 5.95 Å². The largest absolute Gasteiger partial charge is 0.478 e. The zero-order valence-corrected chi connectivity index (χ0v) is 10.1. The molecule has 0 radical (unpaired) electrons. The smallest absolute Gasteiger partial charge is 0.339 e. The monoisotopic (exact) mass is 268 g/mol. The van der Waals surface area contributed by atoms with E-state index in [-0.39, 0.29) is 17.2 Å². The third kappa shape index (κ3) is 2.09. The Bertz CT molecular complexity index is 741. The Labute approximate surface area is 112 Å². The molecule has 8 heteroatoms. The first-order chi connectivity index (χ1) is 9.75. The van der Waals surface area contributed by atoms with Gasteiger partial charge in [-0.3, -0.25) is 9.97 Å². The van der Waals surface area contributed by atoms with Crippen LogP contribution in [0.5, 0.6) is 0 Å². The van der Waals surface area contributed by atoms with Crippen molar-refractivity contribution in [2.24, 2.45) is 0 Å². The summed E-state index contributed by atoms with van der Waals surface area (Å²) in [5, 5.41) is 13.4. The normalized spacial score (nSPS) is 10.4. The van der Waals surface area contributed by atoms with Gasteiger partial charge in [-0.05, 0) is 6.07 Å². The Morgan fingerprint density at radius 1 is 1.10 bits per heavy atom. The number of rotatable bonds is 3. The zero-order chi connectivity index (χ0) is 13.9. The number of carboxylic acids is 1. The molecule has 0 fully saturated rings. The van der Waals surface area contributed by atoms with Gasteiger partial charge in [-0.2, -0.15) is 5.10 Å². The first kappa shape index (κ1) is 11.9. The highest BCUT2D eigenvalue weighted by molar-refractivity contribution is 5.94. The van der Waals surface area contributed by atoms with E-state index in [0.29, 0.717) is 5.69 Å². The van der Waals surface area contributed by atoms with E-state index < -0.39 is 5.97 Å². The molecule has 0 bridgehead atoms. The summed E-state index contributed by atoms with van der Waals surface area (Å²) in [4.78, 5) is 27.3. The van der Waals surface area contributed by atoms with Crippen LogP contribution in [0.1, 0.15) is 10.4 Å². The maximum Gasteiger partial charge on any atom is 0.339 e. The molecule has 0 aliphatic rings. The van der Waals surface area contributed by atoms with Crippen LogP contribution in [0.4, 0.5) is 0 Å². The van der Waals surface area contributed by atoms with E-state index in [2.05, 4.69) is 25.0 Å². The highest BCUT2D eigenvalue weighted by atomic mass is 16.4. The first-order valence-corrected chi connectivity index (χ1v) is 5.62. The molecule has 0 amide bonds. The predicted molar refractivity (Wildman–Crippen MR) is 67.1 cm³/mol. The van der Waals surface area contributed by atoms with E-state index in [1.54, 1.807) is 18.5 Å². The van der Waals surface area contributed by atoms with Crippen LogP contribution in [0.25, 0.3) is 17.3 Å². The van der Waals surface area contributed by atoms with Gasteiger partial charge in [0, 0.05) is 31.0 Å². The van der Waals surface area contributed by atoms with E-state index >= 15 is 0 Å². The number of aromatic nitrogens is 6. The minimum Gasteiger partial charge on any atom is -0.478 e. The van der Waals surface area contributed by atoms with Crippen molar-refractivity contribution in [1.29, 1.82) is 0 Å². The molecule has 3 heterocycles. The summed E-state index contributed by atoms with van der Waals surface area (Å²) in [7, 11) is 0. The number of hydrogen-bond acceptors (Lipinski definition) is 6. The molecule has 0 aromatic carbocycles. The van der Waals surface area contributed by atoms with Gasteiger partial charge < -0.3 is 5.11 Å². The third-order valence-electron chi connectivity index (χ3n) is 2.51. The first-order valence-electron chi connectivity index (χ1n) is 5.62. The molecule has 0 saturated heterocycles. The topological polar surface area (TPSA) is 107 Å². The van der Waals surface area contributed by atoms with Gasteiger partial charge in [-0.1, -0.05) is 0 Å². The Kier molecular flexibility index (Phi) is 2.88. The molecule has 98 valence electrons. The van der Waals surface area contributed by atoms with E-state index in [1.807, 2.05) is 0 Å². The summed E-state index contributed by atoms with van der Waals surface area (Å²) in [5.41, 5.74) is 0.607. The average molecular weight is 268 g/mol. The molecule has 1 N–H and O–H groups in total. The van der Waals surface area contributed by atoms with Gasteiger partial charge in [-0.15, -0.1) is 0 Å². The van der Waals surface area contributed by atoms with Crippen molar-refractivity contribution in [3.63, 3.8) is 0 Å². The maximum atomic E-state index is 11.3. The minimum absolute atomic E-state index is 0.0120. The van der Waals surface area contributed by atoms with Gasteiger partial charge in [-0.25, -0.2) is 19.4 Å². The summed E-state index contributed by atoms with van der Waals surface area (Å²) in [5.74, 6) is -0.821. The Morgan fingerprint density at radius 3 is 2.55 bits per heavy atom. The van der Waals surface area contributed by atoms with Crippen LogP contribution in [-0.2, 0) is 0 Å². The molecule has 3 aromatic rings. The molecule has 20 heavy (non-hydrogen) atoms. The average Bonchev–Trinajstić information content (AvgIpc) is 2.94. The molecule has 3 aromatic heterocycles. The van der Waals surface area contributed by atoms with Crippen LogP contribution in [-0.4, -0.2) is 40.8 Å². The van der Waals surface area contributed by atoms with Crippen molar-refractivity contribution in [2.45, 2.75) is 0 Å². The summed E-state index contributed by atoms with van der Waals surface area (Å²) in [6.45, 7) is 0. The van der Waals surface area contributed by atoms with Crippen LogP contribution in [0.2, 0.25) is 0 Å². The third-order valence-corrected chi connectivity index (χ3v) is 2.51. The van der Waals surface area contributed by atoms with Crippen LogP contribution in [0.15, 0.2) is 43.2 Å². The van der Waals surface area contributed by atoms with E-state index in [4.69, 9.17) is 0 Å². The summed E-state index contributed by atoms with van der Waals surface area (Å²) in [6, 6.07) is 1.66. The Morgan fingerprint density at radius 2 is 1.90 bits per heavy atom. The number of carboxylic acid groups (broad SMARTS) is 1. The van der Waals surface area contributed by atoms with Crippen LogP contribution in [0.3, 0.4) is 0 Å².